The summed E-state index contributed by atoms with van der Waals surface area (Å²) in [5.74, 6) is 1.21. The van der Waals surface area contributed by atoms with Crippen LogP contribution in [0.5, 0.6) is 0 Å². The van der Waals surface area contributed by atoms with Gasteiger partial charge >= 0.3 is 0 Å². The first-order valence-corrected chi connectivity index (χ1v) is 11.7. The van der Waals surface area contributed by atoms with Gasteiger partial charge in [-0.15, -0.1) is 0 Å². The number of hydrogen-bond acceptors (Lipinski definition) is 4. The summed E-state index contributed by atoms with van der Waals surface area (Å²) in [6.07, 6.45) is 13.2. The van der Waals surface area contributed by atoms with Gasteiger partial charge in [0.2, 0.25) is 11.7 Å². The van der Waals surface area contributed by atoms with Crippen molar-refractivity contribution in [2.45, 2.75) is 77.3 Å². The first-order chi connectivity index (χ1) is 15.2. The van der Waals surface area contributed by atoms with Crippen molar-refractivity contribution in [2.75, 3.05) is 6.54 Å². The van der Waals surface area contributed by atoms with Crippen molar-refractivity contribution in [2.24, 2.45) is 5.73 Å². The molecule has 0 unspecified atom stereocenters. The lowest BCUT2D eigenvalue weighted by Gasteiger charge is -2.21. The van der Waals surface area contributed by atoms with Crippen LogP contribution in [0.1, 0.15) is 76.6 Å². The SMILES string of the molecule is CCCCCCCCCn1ccc2c(-c3noc([C@@H]4CCCN4C(=N)N)n3)cccc21. The quantitative estimate of drug-likeness (QED) is 0.256. The van der Waals surface area contributed by atoms with Gasteiger partial charge in [0.25, 0.3) is 0 Å². The molecular formula is C24H34N6O. The fourth-order valence-electron chi connectivity index (χ4n) is 4.64. The molecule has 3 heterocycles. The lowest BCUT2D eigenvalue weighted by atomic mass is 10.1. The van der Waals surface area contributed by atoms with Crippen LogP contribution < -0.4 is 5.73 Å². The lowest BCUT2D eigenvalue weighted by Crippen LogP contribution is -2.35. The minimum Gasteiger partial charge on any atom is -0.370 e. The maximum Gasteiger partial charge on any atom is 0.249 e. The van der Waals surface area contributed by atoms with E-state index in [0.717, 1.165) is 36.9 Å². The molecular weight excluding hydrogens is 388 g/mol. The molecule has 0 bridgehead atoms. The van der Waals surface area contributed by atoms with Gasteiger partial charge in [-0.25, -0.2) is 0 Å². The van der Waals surface area contributed by atoms with Gasteiger partial charge in [0.05, 0.1) is 0 Å². The number of unbranched alkanes of at least 4 members (excludes halogenated alkanes) is 6. The summed E-state index contributed by atoms with van der Waals surface area (Å²) in [5, 5.41) is 13.2. The fraction of sp³-hybridized carbons (Fsp3) is 0.542. The van der Waals surface area contributed by atoms with E-state index >= 15 is 0 Å². The van der Waals surface area contributed by atoms with Crippen molar-refractivity contribution in [3.63, 3.8) is 0 Å². The summed E-state index contributed by atoms with van der Waals surface area (Å²) in [4.78, 5) is 6.51. The minimum atomic E-state index is -0.0973. The second kappa shape index (κ2) is 9.98. The van der Waals surface area contributed by atoms with E-state index in [4.69, 9.17) is 15.7 Å². The minimum absolute atomic E-state index is 0.0618. The summed E-state index contributed by atoms with van der Waals surface area (Å²) >= 11 is 0. The summed E-state index contributed by atoms with van der Waals surface area (Å²) in [5.41, 5.74) is 7.91. The van der Waals surface area contributed by atoms with Gasteiger partial charge in [0, 0.05) is 35.8 Å². The Kier molecular flexibility index (Phi) is 6.89. The van der Waals surface area contributed by atoms with Crippen LogP contribution in [0.2, 0.25) is 0 Å². The Labute approximate surface area is 184 Å². The smallest absolute Gasteiger partial charge is 0.249 e. The van der Waals surface area contributed by atoms with Crippen molar-refractivity contribution < 1.29 is 4.52 Å². The Hall–Kier alpha value is -2.83. The number of rotatable bonds is 10. The molecule has 0 saturated carbocycles. The molecule has 1 fully saturated rings. The lowest BCUT2D eigenvalue weighted by molar-refractivity contribution is 0.283. The summed E-state index contributed by atoms with van der Waals surface area (Å²) < 4.78 is 7.93. The zero-order valence-corrected chi connectivity index (χ0v) is 18.5. The molecule has 2 aromatic heterocycles. The third kappa shape index (κ3) is 4.75. The molecule has 4 rings (SSSR count). The first kappa shape index (κ1) is 21.4. The van der Waals surface area contributed by atoms with Crippen molar-refractivity contribution in [3.8, 4) is 11.4 Å². The molecule has 0 spiro atoms. The summed E-state index contributed by atoms with van der Waals surface area (Å²) in [6.45, 7) is 4.05. The number of aryl methyl sites for hydroxylation is 1. The fourth-order valence-corrected chi connectivity index (χ4v) is 4.64. The maximum atomic E-state index is 7.78. The van der Waals surface area contributed by atoms with E-state index in [9.17, 15) is 0 Å². The van der Waals surface area contributed by atoms with Gasteiger partial charge in [-0.05, 0) is 31.4 Å². The zero-order chi connectivity index (χ0) is 21.6. The van der Waals surface area contributed by atoms with Gasteiger partial charge in [-0.2, -0.15) is 4.98 Å². The van der Waals surface area contributed by atoms with Gasteiger partial charge in [0.15, 0.2) is 5.96 Å². The Morgan fingerprint density at radius 3 is 2.77 bits per heavy atom. The van der Waals surface area contributed by atoms with E-state index in [2.05, 4.69) is 46.0 Å². The van der Waals surface area contributed by atoms with E-state index in [0.29, 0.717) is 11.7 Å². The van der Waals surface area contributed by atoms with Crippen LogP contribution in [0.4, 0.5) is 0 Å². The van der Waals surface area contributed by atoms with Crippen LogP contribution in [0, 0.1) is 5.41 Å². The molecule has 1 aliphatic rings. The first-order valence-electron chi connectivity index (χ1n) is 11.7. The van der Waals surface area contributed by atoms with E-state index in [-0.39, 0.29) is 12.0 Å². The number of hydrogen-bond donors (Lipinski definition) is 2. The van der Waals surface area contributed by atoms with Crippen molar-refractivity contribution in [3.05, 3.63) is 36.4 Å². The van der Waals surface area contributed by atoms with Crippen LogP contribution in [0.3, 0.4) is 0 Å². The van der Waals surface area contributed by atoms with Crippen LogP contribution in [-0.4, -0.2) is 32.1 Å². The Bertz CT molecular complexity index is 1010. The molecule has 1 atom stereocenters. The Morgan fingerprint density at radius 2 is 1.97 bits per heavy atom. The van der Waals surface area contributed by atoms with Gasteiger partial charge < -0.3 is 19.7 Å². The topological polar surface area (TPSA) is 97.0 Å². The number of benzene rings is 1. The normalized spacial score (nSPS) is 16.4. The summed E-state index contributed by atoms with van der Waals surface area (Å²) in [7, 11) is 0. The van der Waals surface area contributed by atoms with Crippen molar-refractivity contribution >= 4 is 16.9 Å². The molecule has 1 saturated heterocycles. The third-order valence-electron chi connectivity index (χ3n) is 6.35. The van der Waals surface area contributed by atoms with Gasteiger partial charge in [0.1, 0.15) is 6.04 Å². The standard InChI is InChI=1S/C24H34N6O/c1-2-3-4-5-6-7-8-15-29-17-14-18-19(11-9-12-20(18)29)22-27-23(31-28-22)21-13-10-16-30(21)24(25)26/h9,11-12,14,17,21H,2-8,10,13,15-16H2,1H3,(H3,25,26)/t21-/m0/s1. The largest absolute Gasteiger partial charge is 0.370 e. The summed E-state index contributed by atoms with van der Waals surface area (Å²) in [6, 6.07) is 8.33. The monoisotopic (exact) mass is 422 g/mol. The van der Waals surface area contributed by atoms with Crippen molar-refractivity contribution in [1.29, 1.82) is 5.41 Å². The highest BCUT2D eigenvalue weighted by atomic mass is 16.5. The average molecular weight is 423 g/mol. The molecule has 31 heavy (non-hydrogen) atoms. The molecule has 3 aromatic rings. The molecule has 7 nitrogen and oxygen atoms in total. The number of nitrogens with zero attached hydrogens (tertiary/aromatic N) is 4. The van der Waals surface area contributed by atoms with Crippen LogP contribution >= 0.6 is 0 Å². The molecule has 0 aliphatic carbocycles. The number of fused-ring (bicyclic) bond motifs is 1. The highest BCUT2D eigenvalue weighted by molar-refractivity contribution is 5.93. The molecule has 0 radical (unpaired) electrons. The molecule has 0 amide bonds. The molecule has 1 aromatic carbocycles. The highest BCUT2D eigenvalue weighted by Crippen LogP contribution is 2.33. The van der Waals surface area contributed by atoms with E-state index in [1.54, 1.807) is 0 Å². The van der Waals surface area contributed by atoms with E-state index in [1.807, 2.05) is 11.0 Å². The average Bonchev–Trinajstić information content (AvgIpc) is 3.51. The number of guanidine groups is 1. The zero-order valence-electron chi connectivity index (χ0n) is 18.5. The molecule has 1 aliphatic heterocycles. The van der Waals surface area contributed by atoms with Gasteiger partial charge in [-0.1, -0.05) is 62.7 Å². The second-order valence-corrected chi connectivity index (χ2v) is 8.56. The molecule has 166 valence electrons. The van der Waals surface area contributed by atoms with Crippen LogP contribution in [-0.2, 0) is 6.54 Å². The number of likely N-dealkylation sites (tertiary alicyclic amines) is 1. The Balaban J connectivity index is 1.45. The molecule has 3 N–H and O–H groups in total. The number of nitrogens with one attached hydrogen (secondary N) is 1. The van der Waals surface area contributed by atoms with Crippen LogP contribution in [0.25, 0.3) is 22.3 Å². The maximum absolute atomic E-state index is 7.78. The predicted molar refractivity (Wildman–Crippen MR) is 124 cm³/mol. The number of nitrogens with two attached hydrogens (primary N) is 1. The predicted octanol–water partition coefficient (Wildman–Crippen LogP) is 5.47. The second-order valence-electron chi connectivity index (χ2n) is 8.56. The Morgan fingerprint density at radius 1 is 1.16 bits per heavy atom. The molecule has 7 heteroatoms. The van der Waals surface area contributed by atoms with E-state index in [1.165, 1.54) is 50.5 Å². The highest BCUT2D eigenvalue weighted by Gasteiger charge is 2.31. The van der Waals surface area contributed by atoms with Gasteiger partial charge in [-0.3, -0.25) is 5.41 Å². The number of aromatic nitrogens is 3. The third-order valence-corrected chi connectivity index (χ3v) is 6.35. The van der Waals surface area contributed by atoms with Crippen molar-refractivity contribution in [1.82, 2.24) is 19.6 Å². The van der Waals surface area contributed by atoms with Crippen LogP contribution in [0.15, 0.2) is 35.0 Å². The van der Waals surface area contributed by atoms with E-state index < -0.39 is 0 Å².